The van der Waals surface area contributed by atoms with Crippen LogP contribution in [0, 0.1) is 0 Å². The average molecular weight is 363 g/mol. The van der Waals surface area contributed by atoms with E-state index in [1.165, 1.54) is 19.3 Å². The van der Waals surface area contributed by atoms with Crippen molar-refractivity contribution in [3.63, 3.8) is 0 Å². The molecule has 1 aromatic carbocycles. The van der Waals surface area contributed by atoms with Gasteiger partial charge in [-0.15, -0.1) is 0 Å². The van der Waals surface area contributed by atoms with Gasteiger partial charge in [0, 0.05) is 17.9 Å². The van der Waals surface area contributed by atoms with Crippen molar-refractivity contribution in [2.24, 2.45) is 0 Å². The van der Waals surface area contributed by atoms with Gasteiger partial charge in [-0.1, -0.05) is 19.3 Å². The number of rotatable bonds is 3. The number of carbonyl (C=O) groups excluding carboxylic acids is 1. The molecule has 1 aromatic heterocycles. The molecule has 1 heterocycles. The highest BCUT2D eigenvalue weighted by Gasteiger charge is 2.15. The second-order valence-corrected chi connectivity index (χ2v) is 6.50. The molecular weight excluding hydrogens is 344 g/mol. The van der Waals surface area contributed by atoms with E-state index in [0.29, 0.717) is 6.04 Å². The molecular formula is C16H19BrN4O. The molecule has 1 aliphatic rings. The molecule has 0 unspecified atom stereocenters. The summed E-state index contributed by atoms with van der Waals surface area (Å²) in [4.78, 5) is 12.0. The lowest BCUT2D eigenvalue weighted by Gasteiger charge is -2.22. The third-order valence-corrected chi connectivity index (χ3v) is 4.29. The van der Waals surface area contributed by atoms with Gasteiger partial charge in [0.1, 0.15) is 0 Å². The van der Waals surface area contributed by atoms with Crippen molar-refractivity contribution in [3.05, 3.63) is 41.1 Å². The normalized spacial score (nSPS) is 15.5. The van der Waals surface area contributed by atoms with E-state index >= 15 is 0 Å². The molecule has 0 bridgehead atoms. The fourth-order valence-electron chi connectivity index (χ4n) is 2.74. The Morgan fingerprint density at radius 3 is 2.55 bits per heavy atom. The molecule has 6 heteroatoms. The van der Waals surface area contributed by atoms with Gasteiger partial charge in [0.05, 0.1) is 16.4 Å². The Labute approximate surface area is 138 Å². The minimum absolute atomic E-state index is 0.124. The van der Waals surface area contributed by atoms with Crippen molar-refractivity contribution in [2.45, 2.75) is 38.1 Å². The molecule has 2 aromatic rings. The van der Waals surface area contributed by atoms with Gasteiger partial charge in [0.15, 0.2) is 0 Å². The highest BCUT2D eigenvalue weighted by atomic mass is 79.9. The molecule has 0 atom stereocenters. The Kier molecular flexibility index (Phi) is 4.77. The first-order valence-corrected chi connectivity index (χ1v) is 8.38. The standard InChI is InChI=1S/C16H19BrN4O/c17-12-10-18-21(11-12)15-8-6-14(7-9-15)20-16(22)19-13-4-2-1-3-5-13/h6-11,13H,1-5H2,(H2,19,20,22). The lowest BCUT2D eigenvalue weighted by molar-refractivity contribution is 0.244. The Bertz CT molecular complexity index is 632. The molecule has 0 radical (unpaired) electrons. The van der Waals surface area contributed by atoms with E-state index in [9.17, 15) is 4.79 Å². The molecule has 1 fully saturated rings. The van der Waals surface area contributed by atoms with Gasteiger partial charge in [-0.25, -0.2) is 9.48 Å². The first-order valence-electron chi connectivity index (χ1n) is 7.59. The van der Waals surface area contributed by atoms with Crippen LogP contribution in [0.1, 0.15) is 32.1 Å². The fraction of sp³-hybridized carbons (Fsp3) is 0.375. The maximum atomic E-state index is 12.0. The van der Waals surface area contributed by atoms with Crippen molar-refractivity contribution in [2.75, 3.05) is 5.32 Å². The van der Waals surface area contributed by atoms with Gasteiger partial charge < -0.3 is 10.6 Å². The summed E-state index contributed by atoms with van der Waals surface area (Å²) in [5.74, 6) is 0. The van der Waals surface area contributed by atoms with Gasteiger partial charge in [-0.2, -0.15) is 5.10 Å². The van der Waals surface area contributed by atoms with Crippen molar-refractivity contribution >= 4 is 27.6 Å². The summed E-state index contributed by atoms with van der Waals surface area (Å²) in [6.45, 7) is 0. The summed E-state index contributed by atoms with van der Waals surface area (Å²) < 4.78 is 2.71. The molecule has 5 nitrogen and oxygen atoms in total. The largest absolute Gasteiger partial charge is 0.335 e. The third-order valence-electron chi connectivity index (χ3n) is 3.88. The highest BCUT2D eigenvalue weighted by molar-refractivity contribution is 9.10. The predicted octanol–water partition coefficient (Wildman–Crippen LogP) is 4.09. The van der Waals surface area contributed by atoms with Gasteiger partial charge in [0.25, 0.3) is 0 Å². The van der Waals surface area contributed by atoms with E-state index in [4.69, 9.17) is 0 Å². The second kappa shape index (κ2) is 6.96. The Morgan fingerprint density at radius 1 is 1.18 bits per heavy atom. The lowest BCUT2D eigenvalue weighted by atomic mass is 9.96. The number of nitrogens with zero attached hydrogens (tertiary/aromatic N) is 2. The zero-order chi connectivity index (χ0) is 15.4. The number of aromatic nitrogens is 2. The van der Waals surface area contributed by atoms with Crippen LogP contribution in [0.2, 0.25) is 0 Å². The van der Waals surface area contributed by atoms with E-state index < -0.39 is 0 Å². The minimum Gasteiger partial charge on any atom is -0.335 e. The number of anilines is 1. The summed E-state index contributed by atoms with van der Waals surface area (Å²) in [5, 5.41) is 10.2. The Morgan fingerprint density at radius 2 is 1.91 bits per heavy atom. The smallest absolute Gasteiger partial charge is 0.319 e. The summed E-state index contributed by atoms with van der Waals surface area (Å²) >= 11 is 3.38. The monoisotopic (exact) mass is 362 g/mol. The number of benzene rings is 1. The van der Waals surface area contributed by atoms with Crippen LogP contribution in [-0.4, -0.2) is 21.9 Å². The maximum Gasteiger partial charge on any atom is 0.319 e. The van der Waals surface area contributed by atoms with Gasteiger partial charge in [-0.05, 0) is 53.0 Å². The lowest BCUT2D eigenvalue weighted by Crippen LogP contribution is -2.38. The van der Waals surface area contributed by atoms with Crippen LogP contribution in [0.4, 0.5) is 10.5 Å². The van der Waals surface area contributed by atoms with Gasteiger partial charge in [-0.3, -0.25) is 0 Å². The predicted molar refractivity (Wildman–Crippen MR) is 90.3 cm³/mol. The molecule has 22 heavy (non-hydrogen) atoms. The van der Waals surface area contributed by atoms with Crippen LogP contribution in [0.3, 0.4) is 0 Å². The second-order valence-electron chi connectivity index (χ2n) is 5.58. The highest BCUT2D eigenvalue weighted by Crippen LogP contribution is 2.18. The average Bonchev–Trinajstić information content (AvgIpc) is 2.95. The van der Waals surface area contributed by atoms with Gasteiger partial charge >= 0.3 is 6.03 Å². The van der Waals surface area contributed by atoms with Crippen LogP contribution in [0.15, 0.2) is 41.1 Å². The summed E-state index contributed by atoms with van der Waals surface area (Å²) in [6, 6.07) is 7.80. The maximum absolute atomic E-state index is 12.0. The topological polar surface area (TPSA) is 59.0 Å². The van der Waals surface area contributed by atoms with Gasteiger partial charge in [0.2, 0.25) is 0 Å². The first kappa shape index (κ1) is 15.1. The number of hydrogen-bond acceptors (Lipinski definition) is 2. The van der Waals surface area contributed by atoms with E-state index in [0.717, 1.165) is 28.7 Å². The third kappa shape index (κ3) is 3.88. The van der Waals surface area contributed by atoms with Crippen LogP contribution in [0.25, 0.3) is 5.69 Å². The van der Waals surface area contributed by atoms with Crippen molar-refractivity contribution in [3.8, 4) is 5.69 Å². The number of halogens is 1. The Balaban J connectivity index is 1.57. The molecule has 1 aliphatic carbocycles. The molecule has 0 spiro atoms. The summed E-state index contributed by atoms with van der Waals surface area (Å²) in [6.07, 6.45) is 9.49. The molecule has 1 saturated carbocycles. The van der Waals surface area contributed by atoms with Crippen molar-refractivity contribution < 1.29 is 4.79 Å². The molecule has 3 rings (SSSR count). The molecule has 2 N–H and O–H groups in total. The summed E-state index contributed by atoms with van der Waals surface area (Å²) in [7, 11) is 0. The number of urea groups is 1. The number of amides is 2. The first-order chi connectivity index (χ1) is 10.7. The van der Waals surface area contributed by atoms with Crippen LogP contribution < -0.4 is 10.6 Å². The molecule has 116 valence electrons. The Hall–Kier alpha value is -1.82. The molecule has 0 aliphatic heterocycles. The SMILES string of the molecule is O=C(Nc1ccc(-n2cc(Br)cn2)cc1)NC1CCCCC1. The van der Waals surface area contributed by atoms with Crippen LogP contribution in [-0.2, 0) is 0 Å². The quantitative estimate of drug-likeness (QED) is 0.863. The number of carbonyl (C=O) groups is 1. The minimum atomic E-state index is -0.124. The van der Waals surface area contributed by atoms with Crippen LogP contribution >= 0.6 is 15.9 Å². The summed E-state index contributed by atoms with van der Waals surface area (Å²) in [5.41, 5.74) is 1.73. The molecule has 0 saturated heterocycles. The van der Waals surface area contributed by atoms with E-state index in [-0.39, 0.29) is 6.03 Å². The van der Waals surface area contributed by atoms with E-state index in [1.54, 1.807) is 10.9 Å². The zero-order valence-corrected chi connectivity index (χ0v) is 13.8. The molecule has 2 amide bonds. The van der Waals surface area contributed by atoms with Crippen molar-refractivity contribution in [1.82, 2.24) is 15.1 Å². The fourth-order valence-corrected chi connectivity index (χ4v) is 3.02. The van der Waals surface area contributed by atoms with Crippen molar-refractivity contribution in [1.29, 1.82) is 0 Å². The zero-order valence-electron chi connectivity index (χ0n) is 12.3. The van der Waals surface area contributed by atoms with E-state index in [2.05, 4.69) is 31.7 Å². The van der Waals surface area contributed by atoms with E-state index in [1.807, 2.05) is 30.5 Å². The van der Waals surface area contributed by atoms with Crippen LogP contribution in [0.5, 0.6) is 0 Å². The number of hydrogen-bond donors (Lipinski definition) is 2. The number of nitrogens with one attached hydrogen (secondary N) is 2.